The van der Waals surface area contributed by atoms with Crippen molar-refractivity contribution in [2.75, 3.05) is 4.90 Å². The Morgan fingerprint density at radius 3 is 1.96 bits per heavy atom. The fraction of sp³-hybridized carbons (Fsp3) is 0. The zero-order chi connectivity index (χ0) is 31.6. The molecule has 0 spiro atoms. The van der Waals surface area contributed by atoms with E-state index >= 15 is 0 Å². The summed E-state index contributed by atoms with van der Waals surface area (Å²) in [6.07, 6.45) is 0. The Kier molecular flexibility index (Phi) is 5.81. The van der Waals surface area contributed by atoms with Crippen molar-refractivity contribution in [3.05, 3.63) is 164 Å². The van der Waals surface area contributed by atoms with Gasteiger partial charge in [0.15, 0.2) is 5.58 Å². The molecule has 10 aromatic rings. The van der Waals surface area contributed by atoms with Gasteiger partial charge in [0.2, 0.25) is 5.89 Å². The summed E-state index contributed by atoms with van der Waals surface area (Å²) in [7, 11) is 0. The van der Waals surface area contributed by atoms with Gasteiger partial charge in [-0.2, -0.15) is 0 Å². The summed E-state index contributed by atoms with van der Waals surface area (Å²) in [6, 6.07) is 56.9. The Labute approximate surface area is 275 Å². The molecule has 0 N–H and O–H groups in total. The SMILES string of the molecule is c1ccc(N(c2ccccc2)c2ccc3c4ccccc4n(-c4cccc(-c5nc6cc7oc8ccccc8c7cc6o5)c4)c3c2)cc1. The summed E-state index contributed by atoms with van der Waals surface area (Å²) in [6.45, 7) is 0. The zero-order valence-electron chi connectivity index (χ0n) is 25.7. The van der Waals surface area contributed by atoms with Crippen molar-refractivity contribution in [3.63, 3.8) is 0 Å². The second-order valence-electron chi connectivity index (χ2n) is 12.0. The third-order valence-corrected chi connectivity index (χ3v) is 9.18. The minimum Gasteiger partial charge on any atom is -0.456 e. The summed E-state index contributed by atoms with van der Waals surface area (Å²) in [5, 5.41) is 4.48. The number of rotatable bonds is 5. The monoisotopic (exact) mass is 617 g/mol. The van der Waals surface area contributed by atoms with Crippen LogP contribution in [0.15, 0.2) is 173 Å². The number of fused-ring (bicyclic) bond motifs is 7. The number of benzene rings is 7. The molecule has 0 aliphatic rings. The van der Waals surface area contributed by atoms with Gasteiger partial charge >= 0.3 is 0 Å². The molecule has 3 aromatic heterocycles. The van der Waals surface area contributed by atoms with Gasteiger partial charge in [-0.05, 0) is 72.8 Å². The highest BCUT2D eigenvalue weighted by Gasteiger charge is 2.19. The molecule has 0 aliphatic carbocycles. The van der Waals surface area contributed by atoms with Gasteiger partial charge in [-0.15, -0.1) is 0 Å². The molecule has 0 unspecified atom stereocenters. The summed E-state index contributed by atoms with van der Waals surface area (Å²) in [5.41, 5.74) is 10.6. The molecule has 48 heavy (non-hydrogen) atoms. The van der Waals surface area contributed by atoms with E-state index in [1.54, 1.807) is 0 Å². The summed E-state index contributed by atoms with van der Waals surface area (Å²) < 4.78 is 14.9. The molecule has 0 bridgehead atoms. The molecular formula is C43H27N3O2. The first-order valence-corrected chi connectivity index (χ1v) is 16.0. The lowest BCUT2D eigenvalue weighted by molar-refractivity contribution is 0.620. The van der Waals surface area contributed by atoms with Crippen LogP contribution in [0.5, 0.6) is 0 Å². The van der Waals surface area contributed by atoms with Crippen molar-refractivity contribution in [2.24, 2.45) is 0 Å². The second-order valence-corrected chi connectivity index (χ2v) is 12.0. The van der Waals surface area contributed by atoms with Gasteiger partial charge in [0.05, 0.1) is 11.0 Å². The Morgan fingerprint density at radius 2 is 1.15 bits per heavy atom. The van der Waals surface area contributed by atoms with Gasteiger partial charge in [-0.25, -0.2) is 4.98 Å². The van der Waals surface area contributed by atoms with Crippen LogP contribution in [0.25, 0.3) is 72.0 Å². The lowest BCUT2D eigenvalue weighted by atomic mass is 10.1. The number of oxazole rings is 1. The van der Waals surface area contributed by atoms with Crippen LogP contribution in [0, 0.1) is 0 Å². The number of furan rings is 1. The van der Waals surface area contributed by atoms with E-state index in [1.165, 1.54) is 10.8 Å². The van der Waals surface area contributed by atoms with Crippen molar-refractivity contribution >= 4 is 71.9 Å². The van der Waals surface area contributed by atoms with Gasteiger partial charge in [-0.3, -0.25) is 0 Å². The summed E-state index contributed by atoms with van der Waals surface area (Å²) >= 11 is 0. The molecule has 226 valence electrons. The minimum absolute atomic E-state index is 0.574. The minimum atomic E-state index is 0.574. The molecule has 3 heterocycles. The van der Waals surface area contributed by atoms with Gasteiger partial charge in [-0.1, -0.05) is 84.9 Å². The molecule has 5 heteroatoms. The lowest BCUT2D eigenvalue weighted by Gasteiger charge is -2.25. The molecule has 0 radical (unpaired) electrons. The first-order chi connectivity index (χ1) is 23.8. The number of nitrogens with zero attached hydrogens (tertiary/aromatic N) is 3. The molecule has 5 nitrogen and oxygen atoms in total. The Hall–Kier alpha value is -6.59. The number of para-hydroxylation sites is 4. The van der Waals surface area contributed by atoms with Crippen molar-refractivity contribution in [1.82, 2.24) is 9.55 Å². The highest BCUT2D eigenvalue weighted by molar-refractivity contribution is 6.11. The molecular weight excluding hydrogens is 590 g/mol. The fourth-order valence-corrected chi connectivity index (χ4v) is 7.03. The topological polar surface area (TPSA) is 47.3 Å². The van der Waals surface area contributed by atoms with Crippen molar-refractivity contribution in [1.29, 1.82) is 0 Å². The maximum Gasteiger partial charge on any atom is 0.227 e. The largest absolute Gasteiger partial charge is 0.456 e. The maximum absolute atomic E-state index is 6.41. The third kappa shape index (κ3) is 4.15. The first-order valence-electron chi connectivity index (χ1n) is 16.0. The van der Waals surface area contributed by atoms with Crippen molar-refractivity contribution in [3.8, 4) is 17.1 Å². The molecule has 0 saturated heterocycles. The molecule has 0 aliphatic heterocycles. The predicted octanol–water partition coefficient (Wildman–Crippen LogP) is 12.0. The lowest BCUT2D eigenvalue weighted by Crippen LogP contribution is -2.09. The normalized spacial score (nSPS) is 11.8. The standard InChI is InChI=1S/C43H27N3O2/c1-3-13-29(14-4-1)45(30-15-5-2-6-16-30)32-22-23-34-33-18-7-9-20-38(33)46(39(34)25-32)31-17-11-12-28(24-31)43-44-37-27-41-36(26-42(37)48-43)35-19-8-10-21-40(35)47-41/h1-27H. The van der Waals surface area contributed by atoms with Crippen LogP contribution in [-0.4, -0.2) is 9.55 Å². The average Bonchev–Trinajstić information content (AvgIpc) is 3.83. The molecule has 0 saturated carbocycles. The molecule has 0 amide bonds. The molecule has 10 rings (SSSR count). The smallest absolute Gasteiger partial charge is 0.227 e. The van der Waals surface area contributed by atoms with Crippen LogP contribution in [-0.2, 0) is 0 Å². The van der Waals surface area contributed by atoms with Crippen LogP contribution in [0.3, 0.4) is 0 Å². The van der Waals surface area contributed by atoms with Crippen LogP contribution in [0.1, 0.15) is 0 Å². The van der Waals surface area contributed by atoms with E-state index in [2.05, 4.69) is 143 Å². The first kappa shape index (κ1) is 26.6. The maximum atomic E-state index is 6.41. The van der Waals surface area contributed by atoms with Crippen LogP contribution >= 0.6 is 0 Å². The van der Waals surface area contributed by atoms with Crippen molar-refractivity contribution < 1.29 is 8.83 Å². The molecule has 0 fully saturated rings. The second kappa shape index (κ2) is 10.5. The quantitative estimate of drug-likeness (QED) is 0.193. The summed E-state index contributed by atoms with van der Waals surface area (Å²) in [4.78, 5) is 7.21. The van der Waals surface area contributed by atoms with Gasteiger partial charge in [0.1, 0.15) is 16.7 Å². The van der Waals surface area contributed by atoms with Crippen molar-refractivity contribution in [2.45, 2.75) is 0 Å². The molecule has 7 aromatic carbocycles. The Morgan fingerprint density at radius 1 is 0.438 bits per heavy atom. The summed E-state index contributed by atoms with van der Waals surface area (Å²) in [5.74, 6) is 0.574. The van der Waals surface area contributed by atoms with Crippen LogP contribution < -0.4 is 4.90 Å². The number of aromatic nitrogens is 2. The van der Waals surface area contributed by atoms with E-state index in [1.807, 2.05) is 30.3 Å². The third-order valence-electron chi connectivity index (χ3n) is 9.18. The predicted molar refractivity (Wildman–Crippen MR) is 196 cm³/mol. The van der Waals surface area contributed by atoms with Gasteiger partial charge in [0, 0.05) is 55.9 Å². The van der Waals surface area contributed by atoms with E-state index in [4.69, 9.17) is 13.8 Å². The van der Waals surface area contributed by atoms with Crippen LogP contribution in [0.4, 0.5) is 17.1 Å². The van der Waals surface area contributed by atoms with E-state index in [0.717, 1.165) is 72.4 Å². The van der Waals surface area contributed by atoms with Crippen LogP contribution in [0.2, 0.25) is 0 Å². The van der Waals surface area contributed by atoms with E-state index < -0.39 is 0 Å². The highest BCUT2D eigenvalue weighted by atomic mass is 16.4. The average molecular weight is 618 g/mol. The van der Waals surface area contributed by atoms with Gasteiger partial charge < -0.3 is 18.3 Å². The van der Waals surface area contributed by atoms with E-state index in [-0.39, 0.29) is 0 Å². The van der Waals surface area contributed by atoms with Gasteiger partial charge in [0.25, 0.3) is 0 Å². The number of hydrogen-bond acceptors (Lipinski definition) is 4. The highest BCUT2D eigenvalue weighted by Crippen LogP contribution is 2.40. The van der Waals surface area contributed by atoms with E-state index in [9.17, 15) is 0 Å². The number of hydrogen-bond donors (Lipinski definition) is 0. The number of anilines is 3. The van der Waals surface area contributed by atoms with E-state index in [0.29, 0.717) is 5.89 Å². The Bertz CT molecular complexity index is 2750. The Balaban J connectivity index is 1.14. The molecule has 0 atom stereocenters. The zero-order valence-corrected chi connectivity index (χ0v) is 25.7. The fourth-order valence-electron chi connectivity index (χ4n) is 7.03.